The third kappa shape index (κ3) is 3.39. The van der Waals surface area contributed by atoms with Crippen LogP contribution in [0.1, 0.15) is 47.9 Å². The summed E-state index contributed by atoms with van der Waals surface area (Å²) in [6.07, 6.45) is 4.05. The van der Waals surface area contributed by atoms with Crippen LogP contribution in [0.3, 0.4) is 0 Å². The Morgan fingerprint density at radius 2 is 0.694 bits per heavy atom. The number of rotatable bonds is 9. The van der Waals surface area contributed by atoms with Crippen molar-refractivity contribution in [2.24, 2.45) is 0 Å². The van der Waals surface area contributed by atoms with E-state index in [1.807, 2.05) is 14.2 Å². The molecule has 0 fully saturated rings. The second kappa shape index (κ2) is 9.35. The molecule has 0 aromatic heterocycles. The molecule has 0 saturated heterocycles. The monoisotopic (exact) mass is 474 g/mol. The van der Waals surface area contributed by atoms with Crippen molar-refractivity contribution in [2.45, 2.75) is 36.5 Å². The lowest BCUT2D eigenvalue weighted by molar-refractivity contribution is 0.160. The molecule has 182 valence electrons. The summed E-state index contributed by atoms with van der Waals surface area (Å²) in [6, 6.07) is 36.1. The largest absolute Gasteiger partial charge is 0.385 e. The molecule has 0 aliphatic heterocycles. The molecule has 0 N–H and O–H groups in total. The van der Waals surface area contributed by atoms with Crippen molar-refractivity contribution in [3.63, 3.8) is 0 Å². The molecule has 0 saturated carbocycles. The number of fused-ring (bicyclic) bond motifs is 6. The molecule has 2 heteroatoms. The maximum atomic E-state index is 5.71. The van der Waals surface area contributed by atoms with Crippen LogP contribution in [0.5, 0.6) is 0 Å². The van der Waals surface area contributed by atoms with Gasteiger partial charge >= 0.3 is 0 Å². The minimum absolute atomic E-state index is 0.0737. The summed E-state index contributed by atoms with van der Waals surface area (Å²) in [5.41, 5.74) is 11.2. The van der Waals surface area contributed by atoms with E-state index in [1.54, 1.807) is 0 Å². The van der Waals surface area contributed by atoms with Crippen molar-refractivity contribution >= 4 is 0 Å². The van der Waals surface area contributed by atoms with E-state index in [2.05, 4.69) is 97.1 Å². The molecular weight excluding hydrogens is 440 g/mol. The third-order valence-corrected chi connectivity index (χ3v) is 8.80. The second-order valence-electron chi connectivity index (χ2n) is 10.3. The molecule has 0 amide bonds. The number of methoxy groups -OCH3 is 2. The van der Waals surface area contributed by atoms with Gasteiger partial charge < -0.3 is 9.47 Å². The quantitative estimate of drug-likeness (QED) is 0.247. The van der Waals surface area contributed by atoms with E-state index in [1.165, 1.54) is 44.5 Å². The first-order valence-corrected chi connectivity index (χ1v) is 13.1. The molecule has 0 spiro atoms. The third-order valence-electron chi connectivity index (χ3n) is 8.80. The Bertz CT molecular complexity index is 1190. The van der Waals surface area contributed by atoms with Gasteiger partial charge in [-0.3, -0.25) is 0 Å². The minimum atomic E-state index is -0.0737. The van der Waals surface area contributed by atoms with Crippen molar-refractivity contribution in [1.29, 1.82) is 0 Å². The van der Waals surface area contributed by atoms with Crippen LogP contribution in [0.2, 0.25) is 0 Å². The first-order valence-electron chi connectivity index (χ1n) is 13.1. The lowest BCUT2D eigenvalue weighted by Crippen LogP contribution is -2.33. The topological polar surface area (TPSA) is 18.5 Å². The predicted octanol–water partition coefficient (Wildman–Crippen LogP) is 7.77. The average molecular weight is 475 g/mol. The molecule has 0 unspecified atom stereocenters. The van der Waals surface area contributed by atoms with Crippen LogP contribution < -0.4 is 0 Å². The fourth-order valence-corrected chi connectivity index (χ4v) is 7.14. The molecule has 0 heterocycles. The smallest absolute Gasteiger partial charge is 0.0474 e. The van der Waals surface area contributed by atoms with Crippen molar-refractivity contribution in [3.8, 4) is 22.3 Å². The highest BCUT2D eigenvalue weighted by Gasteiger charge is 2.47. The van der Waals surface area contributed by atoms with Gasteiger partial charge in [0.1, 0.15) is 0 Å². The highest BCUT2D eigenvalue weighted by Crippen LogP contribution is 2.58. The fourth-order valence-electron chi connectivity index (χ4n) is 7.14. The van der Waals surface area contributed by atoms with Crippen LogP contribution in [-0.4, -0.2) is 27.4 Å². The lowest BCUT2D eigenvalue weighted by atomic mass is 9.65. The molecule has 0 atom stereocenters. The van der Waals surface area contributed by atoms with Crippen LogP contribution in [-0.2, 0) is 20.3 Å². The van der Waals surface area contributed by atoms with Gasteiger partial charge in [-0.25, -0.2) is 0 Å². The van der Waals surface area contributed by atoms with Gasteiger partial charge in [-0.15, -0.1) is 0 Å². The van der Waals surface area contributed by atoms with Crippen molar-refractivity contribution < 1.29 is 9.47 Å². The Kier molecular flexibility index (Phi) is 6.03. The van der Waals surface area contributed by atoms with Gasteiger partial charge in [-0.1, -0.05) is 97.1 Å². The summed E-state index contributed by atoms with van der Waals surface area (Å²) in [5, 5.41) is 0. The normalized spacial score (nSPS) is 15.7. The van der Waals surface area contributed by atoms with Gasteiger partial charge in [-0.2, -0.15) is 0 Å². The van der Waals surface area contributed by atoms with E-state index in [9.17, 15) is 0 Å². The minimum Gasteiger partial charge on any atom is -0.385 e. The fraction of sp³-hybridized carbons (Fsp3) is 0.294. The Morgan fingerprint density at radius 1 is 0.417 bits per heavy atom. The summed E-state index contributed by atoms with van der Waals surface area (Å²) in [6.45, 7) is 1.47. The van der Waals surface area contributed by atoms with Crippen LogP contribution in [0.15, 0.2) is 97.1 Å². The summed E-state index contributed by atoms with van der Waals surface area (Å²) in [7, 11) is 3.65. The predicted molar refractivity (Wildman–Crippen MR) is 148 cm³/mol. The molecular formula is C34H34O2. The molecule has 4 aromatic carbocycles. The summed E-state index contributed by atoms with van der Waals surface area (Å²) in [5.74, 6) is 0. The van der Waals surface area contributed by atoms with Crippen molar-refractivity contribution in [3.05, 3.63) is 119 Å². The first-order chi connectivity index (χ1) is 17.7. The van der Waals surface area contributed by atoms with Crippen LogP contribution in [0.4, 0.5) is 0 Å². The van der Waals surface area contributed by atoms with Gasteiger partial charge in [0.05, 0.1) is 0 Å². The van der Waals surface area contributed by atoms with Gasteiger partial charge in [0.15, 0.2) is 0 Å². The Morgan fingerprint density at radius 3 is 0.972 bits per heavy atom. The maximum Gasteiger partial charge on any atom is 0.0474 e. The molecule has 2 aliphatic rings. The summed E-state index contributed by atoms with van der Waals surface area (Å²) in [4.78, 5) is 0. The zero-order valence-electron chi connectivity index (χ0n) is 21.3. The van der Waals surface area contributed by atoms with E-state index >= 15 is 0 Å². The highest BCUT2D eigenvalue weighted by molar-refractivity contribution is 5.82. The molecule has 2 aliphatic carbocycles. The molecule has 6 rings (SSSR count). The number of benzene rings is 4. The van der Waals surface area contributed by atoms with E-state index < -0.39 is 0 Å². The van der Waals surface area contributed by atoms with Gasteiger partial charge in [0.25, 0.3) is 0 Å². The average Bonchev–Trinajstić information content (AvgIpc) is 3.38. The molecule has 0 radical (unpaired) electrons. The van der Waals surface area contributed by atoms with Crippen molar-refractivity contribution in [2.75, 3.05) is 27.4 Å². The highest BCUT2D eigenvalue weighted by atomic mass is 16.5. The van der Waals surface area contributed by atoms with E-state index in [-0.39, 0.29) is 10.8 Å². The van der Waals surface area contributed by atoms with Gasteiger partial charge in [0.2, 0.25) is 0 Å². The molecule has 4 aromatic rings. The molecule has 2 nitrogen and oxygen atoms in total. The van der Waals surface area contributed by atoms with Crippen molar-refractivity contribution in [1.82, 2.24) is 0 Å². The van der Waals surface area contributed by atoms with Gasteiger partial charge in [-0.05, 0) is 70.2 Å². The number of ether oxygens (including phenoxy) is 2. The first kappa shape index (κ1) is 23.2. The summed E-state index contributed by atoms with van der Waals surface area (Å²) < 4.78 is 11.4. The van der Waals surface area contributed by atoms with Crippen LogP contribution in [0.25, 0.3) is 22.3 Å². The van der Waals surface area contributed by atoms with Crippen LogP contribution >= 0.6 is 0 Å². The summed E-state index contributed by atoms with van der Waals surface area (Å²) >= 11 is 0. The molecule has 0 bridgehead atoms. The standard InChI is InChI=1S/C34H34O2/c1-35-23-21-33(29-15-7-3-11-25(29)26-12-4-8-16-30(26)33)19-20-34(22-24-36-2)31-17-9-5-13-27(31)28-14-6-10-18-32(28)34/h3-18H,19-24H2,1-2H3. The number of hydrogen-bond acceptors (Lipinski definition) is 2. The molecule has 36 heavy (non-hydrogen) atoms. The SMILES string of the molecule is COCCC1(CCC2(CCOC)c3ccccc3-c3ccccc32)c2ccccc2-c2ccccc21. The Labute approximate surface area is 214 Å². The van der Waals surface area contributed by atoms with E-state index in [0.29, 0.717) is 0 Å². The van der Waals surface area contributed by atoms with E-state index in [4.69, 9.17) is 9.47 Å². The van der Waals surface area contributed by atoms with E-state index in [0.717, 1.165) is 38.9 Å². The maximum absolute atomic E-state index is 5.71. The van der Waals surface area contributed by atoms with Crippen LogP contribution in [0, 0.1) is 0 Å². The zero-order valence-corrected chi connectivity index (χ0v) is 21.3. The second-order valence-corrected chi connectivity index (χ2v) is 10.3. The Balaban J connectivity index is 1.50. The number of hydrogen-bond donors (Lipinski definition) is 0. The zero-order chi connectivity index (χ0) is 24.6. The lowest BCUT2D eigenvalue weighted by Gasteiger charge is -2.38. The van der Waals surface area contributed by atoms with Gasteiger partial charge in [0, 0.05) is 38.3 Å². The Hall–Kier alpha value is -3.20.